The van der Waals surface area contributed by atoms with Crippen LogP contribution in [0.4, 0.5) is 0 Å². The number of hydrogen-bond donors (Lipinski definition) is 1. The zero-order chi connectivity index (χ0) is 10.5. The second-order valence-electron chi connectivity index (χ2n) is 5.29. The van der Waals surface area contributed by atoms with E-state index in [1.807, 2.05) is 0 Å². The molecule has 88 valence electrons. The SMILES string of the molecule is CCC(CC1CC1)NCCN1CCCC1. The van der Waals surface area contributed by atoms with Gasteiger partial charge in [0.1, 0.15) is 0 Å². The summed E-state index contributed by atoms with van der Waals surface area (Å²) in [5.41, 5.74) is 0. The van der Waals surface area contributed by atoms with Gasteiger partial charge in [0.25, 0.3) is 0 Å². The van der Waals surface area contributed by atoms with Gasteiger partial charge in [-0.15, -0.1) is 0 Å². The van der Waals surface area contributed by atoms with Crippen molar-refractivity contribution in [3.63, 3.8) is 0 Å². The lowest BCUT2D eigenvalue weighted by Gasteiger charge is -2.20. The van der Waals surface area contributed by atoms with Crippen molar-refractivity contribution in [2.24, 2.45) is 5.92 Å². The average molecular weight is 210 g/mol. The van der Waals surface area contributed by atoms with Gasteiger partial charge in [-0.25, -0.2) is 0 Å². The summed E-state index contributed by atoms with van der Waals surface area (Å²) >= 11 is 0. The molecule has 1 atom stereocenters. The Kier molecular flexibility index (Phi) is 4.45. The summed E-state index contributed by atoms with van der Waals surface area (Å²) < 4.78 is 0. The molecule has 0 bridgehead atoms. The van der Waals surface area contributed by atoms with Gasteiger partial charge in [0, 0.05) is 19.1 Å². The molecule has 1 aliphatic heterocycles. The van der Waals surface area contributed by atoms with Gasteiger partial charge in [0.05, 0.1) is 0 Å². The zero-order valence-electron chi connectivity index (χ0n) is 10.2. The van der Waals surface area contributed by atoms with Crippen LogP contribution in [0.3, 0.4) is 0 Å². The first kappa shape index (κ1) is 11.4. The number of nitrogens with one attached hydrogen (secondary N) is 1. The summed E-state index contributed by atoms with van der Waals surface area (Å²) in [5.74, 6) is 1.06. The molecule has 0 aromatic heterocycles. The molecule has 1 heterocycles. The number of likely N-dealkylation sites (tertiary alicyclic amines) is 1. The van der Waals surface area contributed by atoms with Crippen LogP contribution in [0, 0.1) is 5.92 Å². The fourth-order valence-electron chi connectivity index (χ4n) is 2.58. The summed E-state index contributed by atoms with van der Waals surface area (Å²) in [7, 11) is 0. The summed E-state index contributed by atoms with van der Waals surface area (Å²) in [6.07, 6.45) is 8.54. The molecule has 0 aromatic carbocycles. The van der Waals surface area contributed by atoms with Gasteiger partial charge in [-0.2, -0.15) is 0 Å². The molecule has 15 heavy (non-hydrogen) atoms. The smallest absolute Gasteiger partial charge is 0.0107 e. The van der Waals surface area contributed by atoms with E-state index in [0.29, 0.717) is 0 Å². The van der Waals surface area contributed by atoms with Crippen LogP contribution in [-0.4, -0.2) is 37.1 Å². The van der Waals surface area contributed by atoms with Gasteiger partial charge in [-0.05, 0) is 44.7 Å². The van der Waals surface area contributed by atoms with Crippen molar-refractivity contribution in [1.29, 1.82) is 0 Å². The first-order valence-electron chi connectivity index (χ1n) is 6.84. The maximum atomic E-state index is 3.73. The minimum Gasteiger partial charge on any atom is -0.313 e. The highest BCUT2D eigenvalue weighted by Crippen LogP contribution is 2.33. The van der Waals surface area contributed by atoms with E-state index in [1.165, 1.54) is 64.7 Å². The van der Waals surface area contributed by atoms with Crippen LogP contribution in [0.5, 0.6) is 0 Å². The highest BCUT2D eigenvalue weighted by molar-refractivity contribution is 4.80. The number of nitrogens with zero attached hydrogens (tertiary/aromatic N) is 1. The average Bonchev–Trinajstić information content (AvgIpc) is 2.91. The van der Waals surface area contributed by atoms with Gasteiger partial charge >= 0.3 is 0 Å². The van der Waals surface area contributed by atoms with Gasteiger partial charge < -0.3 is 10.2 Å². The van der Waals surface area contributed by atoms with Crippen molar-refractivity contribution in [3.05, 3.63) is 0 Å². The quantitative estimate of drug-likeness (QED) is 0.693. The Morgan fingerprint density at radius 2 is 2.00 bits per heavy atom. The van der Waals surface area contributed by atoms with Crippen LogP contribution >= 0.6 is 0 Å². The number of hydrogen-bond acceptors (Lipinski definition) is 2. The minimum atomic E-state index is 0.792. The first-order chi connectivity index (χ1) is 7.38. The summed E-state index contributed by atoms with van der Waals surface area (Å²) in [5, 5.41) is 3.73. The predicted molar refractivity (Wildman–Crippen MR) is 65.1 cm³/mol. The summed E-state index contributed by atoms with van der Waals surface area (Å²) in [6.45, 7) is 7.45. The molecule has 0 spiro atoms. The Bertz CT molecular complexity index is 171. The predicted octanol–water partition coefficient (Wildman–Crippen LogP) is 2.25. The minimum absolute atomic E-state index is 0.792. The van der Waals surface area contributed by atoms with Crippen molar-refractivity contribution < 1.29 is 0 Å². The fourth-order valence-corrected chi connectivity index (χ4v) is 2.58. The van der Waals surface area contributed by atoms with Gasteiger partial charge in [0.2, 0.25) is 0 Å². The van der Waals surface area contributed by atoms with Gasteiger partial charge in [0.15, 0.2) is 0 Å². The molecule has 1 N–H and O–H groups in total. The Balaban J connectivity index is 1.53. The van der Waals surface area contributed by atoms with E-state index in [0.717, 1.165) is 12.0 Å². The lowest BCUT2D eigenvalue weighted by molar-refractivity contribution is 0.320. The van der Waals surface area contributed by atoms with Crippen LogP contribution in [0.15, 0.2) is 0 Å². The van der Waals surface area contributed by atoms with Crippen molar-refractivity contribution in [2.75, 3.05) is 26.2 Å². The first-order valence-corrected chi connectivity index (χ1v) is 6.84. The van der Waals surface area contributed by atoms with Crippen molar-refractivity contribution in [2.45, 2.75) is 51.5 Å². The Morgan fingerprint density at radius 3 is 2.60 bits per heavy atom. The van der Waals surface area contributed by atoms with Crippen LogP contribution in [0.25, 0.3) is 0 Å². The third-order valence-electron chi connectivity index (χ3n) is 3.87. The molecule has 2 heteroatoms. The van der Waals surface area contributed by atoms with E-state index < -0.39 is 0 Å². The monoisotopic (exact) mass is 210 g/mol. The van der Waals surface area contributed by atoms with E-state index in [2.05, 4.69) is 17.1 Å². The molecule has 1 saturated carbocycles. The molecule has 0 amide bonds. The van der Waals surface area contributed by atoms with Crippen molar-refractivity contribution in [3.8, 4) is 0 Å². The van der Waals surface area contributed by atoms with E-state index in [1.54, 1.807) is 0 Å². The molecule has 0 radical (unpaired) electrons. The second-order valence-corrected chi connectivity index (χ2v) is 5.29. The summed E-state index contributed by atoms with van der Waals surface area (Å²) in [4.78, 5) is 2.59. The molecule has 2 fully saturated rings. The molecule has 1 saturated heterocycles. The lowest BCUT2D eigenvalue weighted by atomic mass is 10.1. The van der Waals surface area contributed by atoms with Crippen LogP contribution in [0.1, 0.15) is 45.4 Å². The van der Waals surface area contributed by atoms with Crippen LogP contribution < -0.4 is 5.32 Å². The third kappa shape index (κ3) is 4.12. The van der Waals surface area contributed by atoms with E-state index in [9.17, 15) is 0 Å². The molecular formula is C13H26N2. The molecule has 2 nitrogen and oxygen atoms in total. The van der Waals surface area contributed by atoms with E-state index in [-0.39, 0.29) is 0 Å². The van der Waals surface area contributed by atoms with Gasteiger partial charge in [-0.1, -0.05) is 19.8 Å². The van der Waals surface area contributed by atoms with Crippen molar-refractivity contribution in [1.82, 2.24) is 10.2 Å². The van der Waals surface area contributed by atoms with E-state index in [4.69, 9.17) is 0 Å². The summed E-state index contributed by atoms with van der Waals surface area (Å²) in [6, 6.07) is 0.792. The molecule has 2 aliphatic rings. The topological polar surface area (TPSA) is 15.3 Å². The fraction of sp³-hybridized carbons (Fsp3) is 1.00. The Labute approximate surface area is 94.4 Å². The van der Waals surface area contributed by atoms with Gasteiger partial charge in [-0.3, -0.25) is 0 Å². The highest BCUT2D eigenvalue weighted by Gasteiger charge is 2.24. The van der Waals surface area contributed by atoms with Crippen LogP contribution in [0.2, 0.25) is 0 Å². The lowest BCUT2D eigenvalue weighted by Crippen LogP contribution is -2.36. The normalized spacial score (nSPS) is 24.6. The van der Waals surface area contributed by atoms with Crippen LogP contribution in [-0.2, 0) is 0 Å². The molecule has 2 rings (SSSR count). The number of rotatable bonds is 7. The zero-order valence-corrected chi connectivity index (χ0v) is 10.2. The standard InChI is InChI=1S/C13H26N2/c1-2-13(11-12-5-6-12)14-7-10-15-8-3-4-9-15/h12-14H,2-11H2,1H3. The Hall–Kier alpha value is -0.0800. The molecular weight excluding hydrogens is 184 g/mol. The molecule has 1 unspecified atom stereocenters. The van der Waals surface area contributed by atoms with Crippen molar-refractivity contribution >= 4 is 0 Å². The maximum absolute atomic E-state index is 3.73. The maximum Gasteiger partial charge on any atom is 0.0107 e. The third-order valence-corrected chi connectivity index (χ3v) is 3.87. The Morgan fingerprint density at radius 1 is 1.27 bits per heavy atom. The molecule has 1 aliphatic carbocycles. The largest absolute Gasteiger partial charge is 0.313 e. The van der Waals surface area contributed by atoms with E-state index >= 15 is 0 Å². The second kappa shape index (κ2) is 5.86. The highest BCUT2D eigenvalue weighted by atomic mass is 15.2. The molecule has 0 aromatic rings.